The van der Waals surface area contributed by atoms with Crippen LogP contribution in [-0.2, 0) is 19.9 Å². The van der Waals surface area contributed by atoms with E-state index in [0.717, 1.165) is 29.5 Å². The molecule has 2 saturated heterocycles. The summed E-state index contributed by atoms with van der Waals surface area (Å²) < 4.78 is 37.3. The van der Waals surface area contributed by atoms with E-state index >= 15 is 0 Å². The lowest BCUT2D eigenvalue weighted by molar-refractivity contribution is -0.192. The van der Waals surface area contributed by atoms with E-state index in [1.807, 2.05) is 56.3 Å². The fraction of sp³-hybridized carbons (Fsp3) is 0.400. The van der Waals surface area contributed by atoms with Gasteiger partial charge in [-0.2, -0.15) is 13.2 Å². The quantitative estimate of drug-likeness (QED) is 0.438. The van der Waals surface area contributed by atoms with E-state index in [1.54, 1.807) is 4.90 Å². The second-order valence-electron chi connectivity index (χ2n) is 9.09. The number of aliphatic carboxylic acids is 1. The molecule has 0 spiro atoms. The third-order valence-corrected chi connectivity index (χ3v) is 6.84. The van der Waals surface area contributed by atoms with Gasteiger partial charge in [0.1, 0.15) is 0 Å². The van der Waals surface area contributed by atoms with Crippen LogP contribution in [-0.4, -0.2) is 52.8 Å². The van der Waals surface area contributed by atoms with E-state index in [0.29, 0.717) is 16.7 Å². The first-order chi connectivity index (χ1) is 17.2. The van der Waals surface area contributed by atoms with E-state index in [2.05, 4.69) is 5.32 Å². The SMILES string of the molecule is C[C@H]1C[C@@H](N2C(=N)N[C@](C)(c3cccc(-c4cccc(Cl)c4)c3Cl)CC2=O)CCO1.O=C(O)C(F)(F)F. The summed E-state index contributed by atoms with van der Waals surface area (Å²) in [4.78, 5) is 23.6. The number of carbonyl (C=O) groups excluding carboxylic acids is 1. The molecule has 7 nitrogen and oxygen atoms in total. The lowest BCUT2D eigenvalue weighted by Crippen LogP contribution is -2.63. The van der Waals surface area contributed by atoms with Crippen LogP contribution in [0.4, 0.5) is 13.2 Å². The number of guanidine groups is 1. The first-order valence-corrected chi connectivity index (χ1v) is 12.1. The average molecular weight is 560 g/mol. The number of carboxylic acid groups (broad SMARTS) is 1. The number of hydrogen-bond donors (Lipinski definition) is 3. The van der Waals surface area contributed by atoms with Crippen LogP contribution in [0.15, 0.2) is 42.5 Å². The van der Waals surface area contributed by atoms with Gasteiger partial charge in [-0.15, -0.1) is 0 Å². The van der Waals surface area contributed by atoms with Gasteiger partial charge in [0, 0.05) is 23.2 Å². The van der Waals surface area contributed by atoms with Crippen molar-refractivity contribution in [1.82, 2.24) is 10.2 Å². The monoisotopic (exact) mass is 559 g/mol. The molecule has 12 heteroatoms. The van der Waals surface area contributed by atoms with Crippen LogP contribution in [0.3, 0.4) is 0 Å². The molecule has 200 valence electrons. The molecule has 2 heterocycles. The van der Waals surface area contributed by atoms with Crippen LogP contribution in [0.5, 0.6) is 0 Å². The van der Waals surface area contributed by atoms with Crippen molar-refractivity contribution in [3.05, 3.63) is 58.1 Å². The maximum absolute atomic E-state index is 13.2. The standard InChI is InChI=1S/C23H25Cl2N3O2.C2HF3O2/c1-14-11-17(9-10-30-14)28-20(29)13-23(2,27-22(28)26)19-8-4-7-18(21(19)25)15-5-3-6-16(24)12-15;3-2(4,5)1(6)7/h3-8,12,14,17H,9-11,13H2,1-2H3,(H2,26,27);(H,6,7)/t14-,17-,23-;/m0./s1. The molecule has 0 aliphatic carbocycles. The average Bonchev–Trinajstić information content (AvgIpc) is 2.78. The molecule has 2 aliphatic heterocycles. The summed E-state index contributed by atoms with van der Waals surface area (Å²) in [6.45, 7) is 4.53. The van der Waals surface area contributed by atoms with Crippen molar-refractivity contribution < 1.29 is 32.6 Å². The molecule has 0 aromatic heterocycles. The van der Waals surface area contributed by atoms with Gasteiger partial charge in [-0.3, -0.25) is 15.1 Å². The molecule has 2 aromatic carbocycles. The van der Waals surface area contributed by atoms with Gasteiger partial charge >= 0.3 is 12.1 Å². The summed E-state index contributed by atoms with van der Waals surface area (Å²) in [6, 6.07) is 13.3. The Hall–Kier alpha value is -2.82. The van der Waals surface area contributed by atoms with Crippen LogP contribution in [0, 0.1) is 5.41 Å². The molecule has 0 bridgehead atoms. The van der Waals surface area contributed by atoms with Crippen LogP contribution in [0.25, 0.3) is 11.1 Å². The summed E-state index contributed by atoms with van der Waals surface area (Å²) in [5, 5.41) is 20.2. The number of alkyl halides is 3. The highest BCUT2D eigenvalue weighted by Crippen LogP contribution is 2.40. The van der Waals surface area contributed by atoms with Crippen LogP contribution >= 0.6 is 23.2 Å². The zero-order valence-electron chi connectivity index (χ0n) is 20.0. The highest BCUT2D eigenvalue weighted by atomic mass is 35.5. The second kappa shape index (κ2) is 11.3. The van der Waals surface area contributed by atoms with Gasteiger partial charge in [-0.1, -0.05) is 53.5 Å². The number of amides is 1. The van der Waals surface area contributed by atoms with Gasteiger partial charge in [-0.05, 0) is 49.9 Å². The van der Waals surface area contributed by atoms with Gasteiger partial charge in [0.2, 0.25) is 5.91 Å². The zero-order valence-corrected chi connectivity index (χ0v) is 21.5. The molecule has 3 atom stereocenters. The van der Waals surface area contributed by atoms with E-state index in [9.17, 15) is 18.0 Å². The predicted octanol–water partition coefficient (Wildman–Crippen LogP) is 5.83. The first-order valence-electron chi connectivity index (χ1n) is 11.4. The van der Waals surface area contributed by atoms with Gasteiger partial charge in [0.15, 0.2) is 5.96 Å². The zero-order chi connectivity index (χ0) is 27.5. The Balaban J connectivity index is 0.000000479. The highest BCUT2D eigenvalue weighted by molar-refractivity contribution is 6.34. The number of ether oxygens (including phenoxy) is 1. The van der Waals surface area contributed by atoms with Crippen molar-refractivity contribution in [2.45, 2.75) is 57.0 Å². The molecule has 3 N–H and O–H groups in total. The highest BCUT2D eigenvalue weighted by Gasteiger charge is 2.44. The maximum atomic E-state index is 13.2. The van der Waals surface area contributed by atoms with E-state index in [-0.39, 0.29) is 30.4 Å². The van der Waals surface area contributed by atoms with Crippen molar-refractivity contribution in [3.63, 3.8) is 0 Å². The molecular formula is C25H26Cl2F3N3O4. The molecule has 2 fully saturated rings. The molecule has 0 radical (unpaired) electrons. The van der Waals surface area contributed by atoms with Crippen molar-refractivity contribution >= 4 is 41.0 Å². The lowest BCUT2D eigenvalue weighted by Gasteiger charge is -2.45. The van der Waals surface area contributed by atoms with Gasteiger partial charge < -0.3 is 15.2 Å². The van der Waals surface area contributed by atoms with Crippen LogP contribution in [0.2, 0.25) is 10.0 Å². The molecular weight excluding hydrogens is 534 g/mol. The first kappa shape index (κ1) is 28.7. The van der Waals surface area contributed by atoms with Gasteiger partial charge in [0.05, 0.1) is 23.1 Å². The van der Waals surface area contributed by atoms with Crippen molar-refractivity contribution in [2.24, 2.45) is 0 Å². The number of carbonyl (C=O) groups is 2. The Morgan fingerprint density at radius 1 is 1.24 bits per heavy atom. The fourth-order valence-corrected chi connectivity index (χ4v) is 5.11. The number of nitrogens with one attached hydrogen (secondary N) is 2. The van der Waals surface area contributed by atoms with E-state index in [4.69, 9.17) is 43.2 Å². The van der Waals surface area contributed by atoms with E-state index < -0.39 is 17.7 Å². The Labute approximate surface area is 222 Å². The Morgan fingerprint density at radius 2 is 1.89 bits per heavy atom. The number of carboxylic acids is 1. The summed E-state index contributed by atoms with van der Waals surface area (Å²) in [7, 11) is 0. The molecule has 37 heavy (non-hydrogen) atoms. The Kier molecular flexibility index (Phi) is 8.77. The minimum atomic E-state index is -5.08. The summed E-state index contributed by atoms with van der Waals surface area (Å²) in [5.74, 6) is -2.70. The predicted molar refractivity (Wildman–Crippen MR) is 134 cm³/mol. The number of benzene rings is 2. The molecule has 2 aromatic rings. The molecule has 2 aliphatic rings. The normalized spacial score (nSPS) is 24.1. The molecule has 0 unspecified atom stereocenters. The second-order valence-corrected chi connectivity index (χ2v) is 9.90. The van der Waals surface area contributed by atoms with Crippen LogP contribution in [0.1, 0.15) is 38.7 Å². The van der Waals surface area contributed by atoms with Crippen molar-refractivity contribution in [1.29, 1.82) is 5.41 Å². The number of halogens is 5. The number of rotatable bonds is 3. The Morgan fingerprint density at radius 3 is 2.46 bits per heavy atom. The number of hydrogen-bond acceptors (Lipinski definition) is 4. The molecule has 4 rings (SSSR count). The topological polar surface area (TPSA) is 103 Å². The molecule has 1 amide bonds. The minimum Gasteiger partial charge on any atom is -0.475 e. The maximum Gasteiger partial charge on any atom is 0.490 e. The van der Waals surface area contributed by atoms with Crippen molar-refractivity contribution in [2.75, 3.05) is 6.61 Å². The number of nitrogens with zero attached hydrogens (tertiary/aromatic N) is 1. The fourth-order valence-electron chi connectivity index (χ4n) is 4.47. The summed E-state index contributed by atoms with van der Waals surface area (Å²) in [5.41, 5.74) is 1.78. The molecule has 0 saturated carbocycles. The minimum absolute atomic E-state index is 0.0148. The largest absolute Gasteiger partial charge is 0.490 e. The van der Waals surface area contributed by atoms with Gasteiger partial charge in [0.25, 0.3) is 0 Å². The third kappa shape index (κ3) is 6.74. The third-order valence-electron chi connectivity index (χ3n) is 6.20. The smallest absolute Gasteiger partial charge is 0.475 e. The van der Waals surface area contributed by atoms with Crippen molar-refractivity contribution in [3.8, 4) is 11.1 Å². The Bertz CT molecular complexity index is 1170. The van der Waals surface area contributed by atoms with Gasteiger partial charge in [-0.25, -0.2) is 4.79 Å². The summed E-state index contributed by atoms with van der Waals surface area (Å²) >= 11 is 13.0. The van der Waals surface area contributed by atoms with E-state index in [1.165, 1.54) is 0 Å². The summed E-state index contributed by atoms with van der Waals surface area (Å²) in [6.07, 6.45) is -3.30. The van der Waals surface area contributed by atoms with Crippen LogP contribution < -0.4 is 5.32 Å². The lowest BCUT2D eigenvalue weighted by atomic mass is 9.84.